The van der Waals surface area contributed by atoms with Gasteiger partial charge in [-0.1, -0.05) is 0 Å². The molecule has 0 amide bonds. The fourth-order valence-corrected chi connectivity index (χ4v) is 2.46. The molecular formula is C12H17N5O4. The van der Waals surface area contributed by atoms with Crippen LogP contribution in [-0.2, 0) is 4.74 Å². The Morgan fingerprint density at radius 3 is 2.62 bits per heavy atom. The highest BCUT2D eigenvalue weighted by molar-refractivity contribution is 5.83. The van der Waals surface area contributed by atoms with Gasteiger partial charge in [0.15, 0.2) is 23.2 Å². The molecule has 0 unspecified atom stereocenters. The van der Waals surface area contributed by atoms with Gasteiger partial charge in [-0.05, 0) is 0 Å². The summed E-state index contributed by atoms with van der Waals surface area (Å²) in [6, 6.07) is 0. The van der Waals surface area contributed by atoms with Crippen LogP contribution >= 0.6 is 0 Å². The van der Waals surface area contributed by atoms with Gasteiger partial charge < -0.3 is 25.0 Å². The lowest BCUT2D eigenvalue weighted by molar-refractivity contribution is -0.0511. The first-order valence-corrected chi connectivity index (χ1v) is 6.52. The maximum Gasteiger partial charge on any atom is 0.167 e. The van der Waals surface area contributed by atoms with E-state index in [1.165, 1.54) is 17.2 Å². The van der Waals surface area contributed by atoms with Gasteiger partial charge in [-0.2, -0.15) is 0 Å². The molecule has 0 aliphatic carbocycles. The summed E-state index contributed by atoms with van der Waals surface area (Å²) in [5.74, 6) is 0.644. The molecular weight excluding hydrogens is 278 g/mol. The van der Waals surface area contributed by atoms with E-state index in [4.69, 9.17) is 9.84 Å². The maximum absolute atomic E-state index is 10.1. The molecule has 1 aliphatic rings. The maximum atomic E-state index is 10.1. The fraction of sp³-hybridized carbons (Fsp3) is 0.583. The molecule has 3 N–H and O–H groups in total. The Morgan fingerprint density at radius 2 is 2.00 bits per heavy atom. The van der Waals surface area contributed by atoms with Crippen molar-refractivity contribution >= 4 is 17.0 Å². The lowest BCUT2D eigenvalue weighted by Gasteiger charge is -2.17. The molecule has 114 valence electrons. The third-order valence-corrected chi connectivity index (χ3v) is 3.55. The minimum absolute atomic E-state index is 0.376. The molecule has 1 fully saturated rings. The summed E-state index contributed by atoms with van der Waals surface area (Å²) >= 11 is 0. The van der Waals surface area contributed by atoms with E-state index < -0.39 is 24.5 Å². The minimum atomic E-state index is -1.17. The Bertz CT molecular complexity index is 646. The lowest BCUT2D eigenvalue weighted by atomic mass is 10.1. The minimum Gasteiger partial charge on any atom is -0.394 e. The number of rotatable bonds is 3. The van der Waals surface area contributed by atoms with Crippen LogP contribution in [0.4, 0.5) is 5.82 Å². The fourth-order valence-electron chi connectivity index (χ4n) is 2.46. The molecule has 4 atom stereocenters. The van der Waals surface area contributed by atoms with Crippen LogP contribution in [0.3, 0.4) is 0 Å². The van der Waals surface area contributed by atoms with E-state index in [-0.39, 0.29) is 6.61 Å². The quantitative estimate of drug-likeness (QED) is 0.626. The van der Waals surface area contributed by atoms with E-state index in [9.17, 15) is 10.2 Å². The highest BCUT2D eigenvalue weighted by atomic mass is 16.6. The summed E-state index contributed by atoms with van der Waals surface area (Å²) in [6.07, 6.45) is -1.14. The molecule has 9 nitrogen and oxygen atoms in total. The van der Waals surface area contributed by atoms with E-state index in [0.717, 1.165) is 0 Å². The second-order valence-corrected chi connectivity index (χ2v) is 5.14. The summed E-state index contributed by atoms with van der Waals surface area (Å²) < 4.78 is 7.02. The van der Waals surface area contributed by atoms with Crippen molar-refractivity contribution < 1.29 is 20.1 Å². The van der Waals surface area contributed by atoms with Crippen LogP contribution in [0.15, 0.2) is 12.7 Å². The van der Waals surface area contributed by atoms with Gasteiger partial charge in [0.1, 0.15) is 24.6 Å². The molecule has 2 aromatic rings. The zero-order valence-corrected chi connectivity index (χ0v) is 11.7. The molecule has 0 radical (unpaired) electrons. The Labute approximate surface area is 120 Å². The number of hydrogen-bond donors (Lipinski definition) is 3. The molecule has 2 aromatic heterocycles. The Morgan fingerprint density at radius 1 is 1.24 bits per heavy atom. The van der Waals surface area contributed by atoms with Crippen LogP contribution in [0, 0.1) is 0 Å². The van der Waals surface area contributed by atoms with Gasteiger partial charge >= 0.3 is 0 Å². The molecule has 3 rings (SSSR count). The molecule has 21 heavy (non-hydrogen) atoms. The highest BCUT2D eigenvalue weighted by Gasteiger charge is 2.44. The Hall–Kier alpha value is -1.81. The largest absolute Gasteiger partial charge is 0.394 e. The van der Waals surface area contributed by atoms with Crippen molar-refractivity contribution in [2.24, 2.45) is 0 Å². The van der Waals surface area contributed by atoms with E-state index in [2.05, 4.69) is 15.0 Å². The van der Waals surface area contributed by atoms with Crippen molar-refractivity contribution in [1.82, 2.24) is 19.5 Å². The molecule has 9 heteroatoms. The number of fused-ring (bicyclic) bond motifs is 1. The second-order valence-electron chi connectivity index (χ2n) is 5.14. The average molecular weight is 295 g/mol. The lowest BCUT2D eigenvalue weighted by Crippen LogP contribution is -2.33. The number of aliphatic hydroxyl groups is 3. The number of imidazole rings is 1. The van der Waals surface area contributed by atoms with Crippen LogP contribution in [0.5, 0.6) is 0 Å². The first-order valence-electron chi connectivity index (χ1n) is 6.52. The van der Waals surface area contributed by atoms with Crippen LogP contribution < -0.4 is 4.90 Å². The van der Waals surface area contributed by atoms with E-state index in [0.29, 0.717) is 17.0 Å². The number of hydrogen-bond acceptors (Lipinski definition) is 8. The Kier molecular flexibility index (Phi) is 3.49. The van der Waals surface area contributed by atoms with Crippen LogP contribution in [0.25, 0.3) is 11.2 Å². The highest BCUT2D eigenvalue weighted by Crippen LogP contribution is 2.32. The molecule has 3 heterocycles. The van der Waals surface area contributed by atoms with Gasteiger partial charge in [-0.3, -0.25) is 4.57 Å². The van der Waals surface area contributed by atoms with Crippen LogP contribution in [0.2, 0.25) is 0 Å². The normalized spacial score (nSPS) is 29.2. The van der Waals surface area contributed by atoms with Gasteiger partial charge in [-0.15, -0.1) is 0 Å². The van der Waals surface area contributed by atoms with Crippen molar-refractivity contribution in [3.05, 3.63) is 12.7 Å². The summed E-state index contributed by atoms with van der Waals surface area (Å²) in [4.78, 5) is 14.4. The number of aliphatic hydroxyl groups excluding tert-OH is 3. The van der Waals surface area contributed by atoms with Crippen molar-refractivity contribution in [3.63, 3.8) is 0 Å². The average Bonchev–Trinajstić information content (AvgIpc) is 3.01. The SMILES string of the molecule is CN(C)c1ncnc2c1ncn2[C@H]1O[C@@H](CO)[C@@H](O)[C@@H]1O. The standard InChI is InChI=1S/C12H17N5O4/c1-16(2)10-7-11(14-4-13-10)17(5-15-7)12-9(20)8(19)6(3-18)21-12/h4-6,8-9,12,18-20H,3H2,1-2H3/t6-,8+,9-,12-/m0/s1. The number of aromatic nitrogens is 4. The third-order valence-electron chi connectivity index (χ3n) is 3.55. The van der Waals surface area contributed by atoms with Gasteiger partial charge in [0.25, 0.3) is 0 Å². The van der Waals surface area contributed by atoms with E-state index in [1.54, 1.807) is 4.90 Å². The van der Waals surface area contributed by atoms with E-state index >= 15 is 0 Å². The first-order chi connectivity index (χ1) is 10.0. The molecule has 0 saturated carbocycles. The molecule has 1 saturated heterocycles. The smallest absolute Gasteiger partial charge is 0.167 e. The molecule has 0 aromatic carbocycles. The summed E-state index contributed by atoms with van der Waals surface area (Å²) in [5.41, 5.74) is 1.06. The second kappa shape index (κ2) is 5.19. The van der Waals surface area contributed by atoms with Crippen LogP contribution in [-0.4, -0.2) is 73.9 Å². The predicted octanol–water partition coefficient (Wildman–Crippen LogP) is -1.50. The monoisotopic (exact) mass is 295 g/mol. The van der Waals surface area contributed by atoms with Crippen molar-refractivity contribution in [1.29, 1.82) is 0 Å². The summed E-state index contributed by atoms with van der Waals surface area (Å²) in [5, 5.41) is 29.1. The third kappa shape index (κ3) is 2.14. The zero-order chi connectivity index (χ0) is 15.1. The van der Waals surface area contributed by atoms with Gasteiger partial charge in [0.2, 0.25) is 0 Å². The van der Waals surface area contributed by atoms with Crippen molar-refractivity contribution in [2.45, 2.75) is 24.5 Å². The number of ether oxygens (including phenoxy) is 1. The van der Waals surface area contributed by atoms with Gasteiger partial charge in [0, 0.05) is 14.1 Å². The predicted molar refractivity (Wildman–Crippen MR) is 72.7 cm³/mol. The van der Waals surface area contributed by atoms with Gasteiger partial charge in [0.05, 0.1) is 12.9 Å². The van der Waals surface area contributed by atoms with Gasteiger partial charge in [-0.25, -0.2) is 15.0 Å². The van der Waals surface area contributed by atoms with Crippen molar-refractivity contribution in [2.75, 3.05) is 25.6 Å². The van der Waals surface area contributed by atoms with Crippen molar-refractivity contribution in [3.8, 4) is 0 Å². The Balaban J connectivity index is 2.04. The topological polar surface area (TPSA) is 117 Å². The van der Waals surface area contributed by atoms with E-state index in [1.807, 2.05) is 14.1 Å². The number of nitrogens with zero attached hydrogens (tertiary/aromatic N) is 5. The molecule has 1 aliphatic heterocycles. The summed E-state index contributed by atoms with van der Waals surface area (Å²) in [6.45, 7) is -0.376. The number of anilines is 1. The molecule has 0 spiro atoms. The first kappa shape index (κ1) is 14.1. The van der Waals surface area contributed by atoms with Crippen LogP contribution in [0.1, 0.15) is 6.23 Å². The summed E-state index contributed by atoms with van der Waals surface area (Å²) in [7, 11) is 3.68. The molecule has 0 bridgehead atoms. The zero-order valence-electron chi connectivity index (χ0n) is 11.7.